The second-order valence-electron chi connectivity index (χ2n) is 7.01. The second-order valence-corrected chi connectivity index (χ2v) is 7.01. The van der Waals surface area contributed by atoms with Gasteiger partial charge in [0.1, 0.15) is 5.78 Å². The molecule has 3 nitrogen and oxygen atoms in total. The molecule has 1 aliphatic carbocycles. The number of rotatable bonds is 5. The standard InChI is InChI=1S/C15H28N2O/c1-15(2,3)14(18)6-7-16-8-10-17(11-9-16)12-13-4-5-13/h13H,4-12H2,1-3H3. The highest BCUT2D eigenvalue weighted by Gasteiger charge is 2.27. The number of Topliss-reactive ketones (excluding diaryl/α,β-unsaturated/α-hetero) is 1. The van der Waals surface area contributed by atoms with Gasteiger partial charge in [0.05, 0.1) is 0 Å². The van der Waals surface area contributed by atoms with Gasteiger partial charge in [-0.1, -0.05) is 20.8 Å². The Morgan fingerprint density at radius 2 is 1.61 bits per heavy atom. The monoisotopic (exact) mass is 252 g/mol. The van der Waals surface area contributed by atoms with Crippen LogP contribution in [0.5, 0.6) is 0 Å². The molecule has 2 rings (SSSR count). The number of nitrogens with zero attached hydrogens (tertiary/aromatic N) is 2. The number of piperazine rings is 1. The van der Waals surface area contributed by atoms with Crippen LogP contribution in [-0.4, -0.2) is 54.9 Å². The molecule has 0 N–H and O–H groups in total. The number of ketones is 1. The summed E-state index contributed by atoms with van der Waals surface area (Å²) in [5.41, 5.74) is -0.173. The van der Waals surface area contributed by atoms with Crippen molar-refractivity contribution in [2.45, 2.75) is 40.0 Å². The zero-order valence-corrected chi connectivity index (χ0v) is 12.2. The maximum absolute atomic E-state index is 11.9. The summed E-state index contributed by atoms with van der Waals surface area (Å²) in [5, 5.41) is 0. The van der Waals surface area contributed by atoms with E-state index < -0.39 is 0 Å². The summed E-state index contributed by atoms with van der Waals surface area (Å²) in [6.45, 7) is 13.0. The van der Waals surface area contributed by atoms with Gasteiger partial charge in [0.2, 0.25) is 0 Å². The molecule has 3 heteroatoms. The molecular weight excluding hydrogens is 224 g/mol. The fourth-order valence-corrected chi connectivity index (χ4v) is 2.50. The van der Waals surface area contributed by atoms with Crippen molar-refractivity contribution in [3.05, 3.63) is 0 Å². The summed E-state index contributed by atoms with van der Waals surface area (Å²) in [4.78, 5) is 16.9. The molecular formula is C15H28N2O. The first kappa shape index (κ1) is 14.0. The van der Waals surface area contributed by atoms with Crippen LogP contribution in [0.15, 0.2) is 0 Å². The topological polar surface area (TPSA) is 23.6 Å². The third kappa shape index (κ3) is 4.36. The van der Waals surface area contributed by atoms with Gasteiger partial charge in [-0.05, 0) is 18.8 Å². The van der Waals surface area contributed by atoms with Crippen LogP contribution >= 0.6 is 0 Å². The molecule has 0 aromatic carbocycles. The minimum atomic E-state index is -0.173. The summed E-state index contributed by atoms with van der Waals surface area (Å²) < 4.78 is 0. The van der Waals surface area contributed by atoms with Crippen LogP contribution in [0.1, 0.15) is 40.0 Å². The smallest absolute Gasteiger partial charge is 0.139 e. The first-order valence-electron chi connectivity index (χ1n) is 7.43. The summed E-state index contributed by atoms with van der Waals surface area (Å²) >= 11 is 0. The van der Waals surface area contributed by atoms with Gasteiger partial charge < -0.3 is 9.80 Å². The van der Waals surface area contributed by atoms with Crippen molar-refractivity contribution in [3.8, 4) is 0 Å². The normalized spacial score (nSPS) is 23.3. The van der Waals surface area contributed by atoms with Gasteiger partial charge in [-0.15, -0.1) is 0 Å². The van der Waals surface area contributed by atoms with Crippen molar-refractivity contribution in [2.75, 3.05) is 39.3 Å². The molecule has 0 radical (unpaired) electrons. The maximum Gasteiger partial charge on any atom is 0.139 e. The van der Waals surface area contributed by atoms with Crippen LogP contribution in [0.2, 0.25) is 0 Å². The molecule has 1 heterocycles. The highest BCUT2D eigenvalue weighted by atomic mass is 16.1. The minimum Gasteiger partial charge on any atom is -0.301 e. The molecule has 0 spiro atoms. The Morgan fingerprint density at radius 3 is 2.11 bits per heavy atom. The third-order valence-corrected chi connectivity index (χ3v) is 4.17. The van der Waals surface area contributed by atoms with Gasteiger partial charge in [-0.25, -0.2) is 0 Å². The predicted molar refractivity (Wildman–Crippen MR) is 74.7 cm³/mol. The lowest BCUT2D eigenvalue weighted by Gasteiger charge is -2.35. The number of carbonyl (C=O) groups is 1. The average Bonchev–Trinajstić information content (AvgIpc) is 3.10. The van der Waals surface area contributed by atoms with Crippen LogP contribution in [0.3, 0.4) is 0 Å². The van der Waals surface area contributed by atoms with E-state index in [1.54, 1.807) is 0 Å². The second kappa shape index (κ2) is 5.70. The van der Waals surface area contributed by atoms with Gasteiger partial charge in [-0.3, -0.25) is 4.79 Å². The van der Waals surface area contributed by atoms with Crippen molar-refractivity contribution >= 4 is 5.78 Å². The zero-order valence-electron chi connectivity index (χ0n) is 12.2. The Hall–Kier alpha value is -0.410. The van der Waals surface area contributed by atoms with Crippen molar-refractivity contribution in [2.24, 2.45) is 11.3 Å². The molecule has 0 atom stereocenters. The number of hydrogen-bond donors (Lipinski definition) is 0. The highest BCUT2D eigenvalue weighted by Crippen LogP contribution is 2.29. The van der Waals surface area contributed by atoms with Crippen LogP contribution in [-0.2, 0) is 4.79 Å². The lowest BCUT2D eigenvalue weighted by atomic mass is 9.89. The molecule has 1 saturated carbocycles. The third-order valence-electron chi connectivity index (χ3n) is 4.17. The summed E-state index contributed by atoms with van der Waals surface area (Å²) in [6, 6.07) is 0. The molecule has 0 bridgehead atoms. The molecule has 1 aliphatic heterocycles. The molecule has 2 aliphatic rings. The lowest BCUT2D eigenvalue weighted by molar-refractivity contribution is -0.126. The van der Waals surface area contributed by atoms with E-state index in [2.05, 4.69) is 9.80 Å². The van der Waals surface area contributed by atoms with E-state index >= 15 is 0 Å². The van der Waals surface area contributed by atoms with Crippen molar-refractivity contribution in [1.29, 1.82) is 0 Å². The fourth-order valence-electron chi connectivity index (χ4n) is 2.50. The Bertz CT molecular complexity index is 283. The van der Waals surface area contributed by atoms with E-state index in [0.29, 0.717) is 12.2 Å². The zero-order chi connectivity index (χ0) is 13.2. The Labute approximate surface area is 112 Å². The molecule has 0 aromatic heterocycles. The van der Waals surface area contributed by atoms with Gasteiger partial charge in [0.15, 0.2) is 0 Å². The van der Waals surface area contributed by atoms with E-state index in [9.17, 15) is 4.79 Å². The van der Waals surface area contributed by atoms with Crippen molar-refractivity contribution in [3.63, 3.8) is 0 Å². The molecule has 18 heavy (non-hydrogen) atoms. The van der Waals surface area contributed by atoms with E-state index in [1.165, 1.54) is 32.5 Å². The quantitative estimate of drug-likeness (QED) is 0.748. The van der Waals surface area contributed by atoms with Crippen LogP contribution in [0.25, 0.3) is 0 Å². The number of hydrogen-bond acceptors (Lipinski definition) is 3. The highest BCUT2D eigenvalue weighted by molar-refractivity contribution is 5.83. The minimum absolute atomic E-state index is 0.173. The van der Waals surface area contributed by atoms with Crippen LogP contribution in [0.4, 0.5) is 0 Å². The van der Waals surface area contributed by atoms with Crippen LogP contribution in [0, 0.1) is 11.3 Å². The van der Waals surface area contributed by atoms with Gasteiger partial charge in [0, 0.05) is 51.1 Å². The van der Waals surface area contributed by atoms with Crippen molar-refractivity contribution in [1.82, 2.24) is 9.80 Å². The lowest BCUT2D eigenvalue weighted by Crippen LogP contribution is -2.47. The molecule has 0 aromatic rings. The van der Waals surface area contributed by atoms with E-state index in [0.717, 1.165) is 25.6 Å². The molecule has 2 fully saturated rings. The number of carbonyl (C=O) groups excluding carboxylic acids is 1. The summed E-state index contributed by atoms with van der Waals surface area (Å²) in [5.74, 6) is 1.39. The summed E-state index contributed by atoms with van der Waals surface area (Å²) in [6.07, 6.45) is 3.60. The van der Waals surface area contributed by atoms with E-state index in [4.69, 9.17) is 0 Å². The first-order valence-corrected chi connectivity index (χ1v) is 7.43. The average molecular weight is 252 g/mol. The Morgan fingerprint density at radius 1 is 1.06 bits per heavy atom. The largest absolute Gasteiger partial charge is 0.301 e. The Balaban J connectivity index is 1.62. The van der Waals surface area contributed by atoms with Gasteiger partial charge in [0.25, 0.3) is 0 Å². The predicted octanol–water partition coefficient (Wildman–Crippen LogP) is 2.02. The van der Waals surface area contributed by atoms with Gasteiger partial charge >= 0.3 is 0 Å². The van der Waals surface area contributed by atoms with Crippen molar-refractivity contribution < 1.29 is 4.79 Å². The summed E-state index contributed by atoms with van der Waals surface area (Å²) in [7, 11) is 0. The SMILES string of the molecule is CC(C)(C)C(=O)CCN1CCN(CC2CC2)CC1. The molecule has 0 unspecified atom stereocenters. The molecule has 1 saturated heterocycles. The van der Waals surface area contributed by atoms with Crippen LogP contribution < -0.4 is 0 Å². The maximum atomic E-state index is 11.9. The Kier molecular flexibility index (Phi) is 4.44. The molecule has 104 valence electrons. The molecule has 0 amide bonds. The van der Waals surface area contributed by atoms with Gasteiger partial charge in [-0.2, -0.15) is 0 Å². The van der Waals surface area contributed by atoms with E-state index in [-0.39, 0.29) is 5.41 Å². The van der Waals surface area contributed by atoms with E-state index in [1.807, 2.05) is 20.8 Å². The fraction of sp³-hybridized carbons (Fsp3) is 0.933. The first-order chi connectivity index (χ1) is 8.45.